The topological polar surface area (TPSA) is 73.1 Å². The van der Waals surface area contributed by atoms with Crippen molar-refractivity contribution in [2.45, 2.75) is 38.9 Å². The molecule has 0 N–H and O–H groups in total. The maximum absolute atomic E-state index is 12.9. The summed E-state index contributed by atoms with van der Waals surface area (Å²) < 4.78 is 42.5. The normalized spacial score (nSPS) is 13.4. The number of sulfone groups is 1. The molecule has 0 aliphatic carbocycles. The summed E-state index contributed by atoms with van der Waals surface area (Å²) in [5.41, 5.74) is 0.828. The number of rotatable bonds is 7. The van der Waals surface area contributed by atoms with Gasteiger partial charge in [-0.05, 0) is 37.0 Å². The van der Waals surface area contributed by atoms with Crippen LogP contribution in [0.2, 0.25) is 0 Å². The van der Waals surface area contributed by atoms with Crippen molar-refractivity contribution in [3.63, 3.8) is 0 Å². The Hall–Kier alpha value is -1.76. The van der Waals surface area contributed by atoms with E-state index >= 15 is 0 Å². The van der Waals surface area contributed by atoms with Crippen LogP contribution in [-0.2, 0) is 16.3 Å². The quantitative estimate of drug-likeness (QED) is 0.773. The molecule has 2 aromatic rings. The monoisotopic (exact) mass is 340 g/mol. The lowest BCUT2D eigenvalue weighted by atomic mass is 10.1. The van der Waals surface area contributed by atoms with E-state index in [4.69, 9.17) is 4.52 Å². The smallest absolute Gasteiger partial charge is 0.244 e. The van der Waals surface area contributed by atoms with Gasteiger partial charge in [0, 0.05) is 6.42 Å². The molecule has 0 aliphatic heterocycles. The average Bonchev–Trinajstić information content (AvgIpc) is 2.95. The van der Waals surface area contributed by atoms with E-state index in [0.717, 1.165) is 5.56 Å². The lowest BCUT2D eigenvalue weighted by molar-refractivity contribution is 0.371. The van der Waals surface area contributed by atoms with Gasteiger partial charge in [0.25, 0.3) is 0 Å². The third-order valence-electron chi connectivity index (χ3n) is 3.63. The van der Waals surface area contributed by atoms with Crippen molar-refractivity contribution in [3.05, 3.63) is 47.4 Å². The van der Waals surface area contributed by atoms with Crippen molar-refractivity contribution in [2.24, 2.45) is 5.92 Å². The molecule has 7 heteroatoms. The number of hydrogen-bond acceptors (Lipinski definition) is 5. The van der Waals surface area contributed by atoms with Crippen LogP contribution in [0.5, 0.6) is 0 Å². The van der Waals surface area contributed by atoms with Gasteiger partial charge in [-0.3, -0.25) is 0 Å². The Balaban J connectivity index is 2.07. The van der Waals surface area contributed by atoms with Gasteiger partial charge in [0.2, 0.25) is 5.89 Å². The van der Waals surface area contributed by atoms with Gasteiger partial charge in [0.05, 0.1) is 5.75 Å². The Morgan fingerprint density at radius 2 is 1.83 bits per heavy atom. The van der Waals surface area contributed by atoms with Crippen LogP contribution in [0.25, 0.3) is 0 Å². The summed E-state index contributed by atoms with van der Waals surface area (Å²) in [6.07, 6.45) is 0.964. The van der Waals surface area contributed by atoms with Crippen LogP contribution in [0.3, 0.4) is 0 Å². The molecule has 1 heterocycles. The molecule has 1 aromatic carbocycles. The first kappa shape index (κ1) is 17.6. The minimum Gasteiger partial charge on any atom is -0.338 e. The average molecular weight is 340 g/mol. The summed E-state index contributed by atoms with van der Waals surface area (Å²) >= 11 is 0. The van der Waals surface area contributed by atoms with Crippen molar-refractivity contribution in [3.8, 4) is 0 Å². The van der Waals surface area contributed by atoms with Gasteiger partial charge in [-0.1, -0.05) is 31.1 Å². The second kappa shape index (κ2) is 7.21. The third kappa shape index (κ3) is 4.86. The predicted octanol–water partition coefficient (Wildman–Crippen LogP) is 3.32. The Kier molecular flexibility index (Phi) is 5.51. The fraction of sp³-hybridized carbons (Fsp3) is 0.500. The van der Waals surface area contributed by atoms with Crippen LogP contribution in [0, 0.1) is 11.7 Å². The van der Waals surface area contributed by atoms with Gasteiger partial charge in [-0.2, -0.15) is 4.98 Å². The molecule has 0 aliphatic rings. The molecule has 0 radical (unpaired) electrons. The standard InChI is InChI=1S/C16H21FN2O3S/c1-11(2)8-9-23(20,21)12(3)16-18-15(19-22-16)10-13-4-6-14(17)7-5-13/h4-7,11-12H,8-10H2,1-3H3/t12-/m1/s1. The molecule has 0 bridgehead atoms. The molecule has 5 nitrogen and oxygen atoms in total. The first-order valence-electron chi connectivity index (χ1n) is 7.56. The number of benzene rings is 1. The summed E-state index contributed by atoms with van der Waals surface area (Å²) in [6, 6.07) is 5.98. The second-order valence-corrected chi connectivity index (χ2v) is 8.48. The molecular weight excluding hydrogens is 319 g/mol. The van der Waals surface area contributed by atoms with Crippen LogP contribution < -0.4 is 0 Å². The van der Waals surface area contributed by atoms with Gasteiger partial charge in [0.1, 0.15) is 11.1 Å². The molecule has 1 atom stereocenters. The molecule has 2 rings (SSSR count). The summed E-state index contributed by atoms with van der Waals surface area (Å²) in [4.78, 5) is 4.17. The summed E-state index contributed by atoms with van der Waals surface area (Å²) in [5.74, 6) is 0.589. The Morgan fingerprint density at radius 3 is 2.43 bits per heavy atom. The lowest BCUT2D eigenvalue weighted by Crippen LogP contribution is -2.16. The Bertz CT molecular complexity index is 739. The maximum Gasteiger partial charge on any atom is 0.244 e. The zero-order chi connectivity index (χ0) is 17.0. The largest absolute Gasteiger partial charge is 0.338 e. The number of aromatic nitrogens is 2. The highest BCUT2D eigenvalue weighted by Crippen LogP contribution is 2.23. The molecule has 0 unspecified atom stereocenters. The summed E-state index contributed by atoms with van der Waals surface area (Å²) in [6.45, 7) is 5.52. The van der Waals surface area contributed by atoms with Gasteiger partial charge < -0.3 is 4.52 Å². The summed E-state index contributed by atoms with van der Waals surface area (Å²) in [5, 5.41) is 3.00. The molecule has 126 valence electrons. The van der Waals surface area contributed by atoms with E-state index in [1.54, 1.807) is 19.1 Å². The number of halogens is 1. The zero-order valence-corrected chi connectivity index (χ0v) is 14.3. The molecule has 0 amide bonds. The van der Waals surface area contributed by atoms with E-state index in [1.807, 2.05) is 13.8 Å². The van der Waals surface area contributed by atoms with Gasteiger partial charge in [-0.25, -0.2) is 12.8 Å². The van der Waals surface area contributed by atoms with Crippen molar-refractivity contribution < 1.29 is 17.3 Å². The van der Waals surface area contributed by atoms with E-state index < -0.39 is 15.1 Å². The van der Waals surface area contributed by atoms with Crippen LogP contribution in [0.15, 0.2) is 28.8 Å². The van der Waals surface area contributed by atoms with Crippen molar-refractivity contribution in [2.75, 3.05) is 5.75 Å². The van der Waals surface area contributed by atoms with Gasteiger partial charge in [0.15, 0.2) is 15.7 Å². The first-order chi connectivity index (χ1) is 10.8. The van der Waals surface area contributed by atoms with Crippen molar-refractivity contribution in [1.29, 1.82) is 0 Å². The molecular formula is C16H21FN2O3S. The molecule has 0 saturated heterocycles. The minimum atomic E-state index is -3.32. The van der Waals surface area contributed by atoms with Gasteiger partial charge >= 0.3 is 0 Å². The number of nitrogens with zero attached hydrogens (tertiary/aromatic N) is 2. The summed E-state index contributed by atoms with van der Waals surface area (Å²) in [7, 11) is -3.32. The first-order valence-corrected chi connectivity index (χ1v) is 9.28. The van der Waals surface area contributed by atoms with E-state index in [1.165, 1.54) is 12.1 Å². The van der Waals surface area contributed by atoms with E-state index in [2.05, 4.69) is 10.1 Å². The molecule has 0 saturated carbocycles. The van der Waals surface area contributed by atoms with E-state index in [0.29, 0.717) is 24.6 Å². The van der Waals surface area contributed by atoms with E-state index in [-0.39, 0.29) is 17.5 Å². The maximum atomic E-state index is 12.9. The Morgan fingerprint density at radius 1 is 1.17 bits per heavy atom. The Labute approximate surface area is 135 Å². The van der Waals surface area contributed by atoms with Crippen molar-refractivity contribution >= 4 is 9.84 Å². The second-order valence-electron chi connectivity index (χ2n) is 6.04. The minimum absolute atomic E-state index is 0.0987. The highest BCUT2D eigenvalue weighted by Gasteiger charge is 2.28. The van der Waals surface area contributed by atoms with Crippen LogP contribution in [0.4, 0.5) is 4.39 Å². The molecule has 0 spiro atoms. The third-order valence-corrected chi connectivity index (χ3v) is 5.71. The van der Waals surface area contributed by atoms with Crippen LogP contribution >= 0.6 is 0 Å². The van der Waals surface area contributed by atoms with Gasteiger partial charge in [-0.15, -0.1) is 0 Å². The fourth-order valence-electron chi connectivity index (χ4n) is 2.02. The lowest BCUT2D eigenvalue weighted by Gasteiger charge is -2.10. The van der Waals surface area contributed by atoms with E-state index in [9.17, 15) is 12.8 Å². The van der Waals surface area contributed by atoms with Crippen molar-refractivity contribution in [1.82, 2.24) is 10.1 Å². The zero-order valence-electron chi connectivity index (χ0n) is 13.5. The van der Waals surface area contributed by atoms with Crippen LogP contribution in [-0.4, -0.2) is 24.3 Å². The molecule has 1 aromatic heterocycles. The fourth-order valence-corrected chi connectivity index (χ4v) is 3.58. The number of hydrogen-bond donors (Lipinski definition) is 0. The SMILES string of the molecule is CC(C)CCS(=O)(=O)[C@H](C)c1nc(Cc2ccc(F)cc2)no1. The molecule has 23 heavy (non-hydrogen) atoms. The highest BCUT2D eigenvalue weighted by molar-refractivity contribution is 7.91. The molecule has 0 fully saturated rings. The highest BCUT2D eigenvalue weighted by atomic mass is 32.2. The predicted molar refractivity (Wildman–Crippen MR) is 85.2 cm³/mol. The van der Waals surface area contributed by atoms with Crippen LogP contribution in [0.1, 0.15) is 49.7 Å².